The molecular weight excluding hydrogens is 264 g/mol. The number of ether oxygens (including phenoxy) is 1. The highest BCUT2D eigenvalue weighted by molar-refractivity contribution is 6.64. The van der Waals surface area contributed by atoms with Crippen LogP contribution in [0.5, 0.6) is 0 Å². The van der Waals surface area contributed by atoms with E-state index in [0.29, 0.717) is 6.42 Å². The van der Waals surface area contributed by atoms with Gasteiger partial charge in [0.05, 0.1) is 6.61 Å². The van der Waals surface area contributed by atoms with Crippen LogP contribution in [0.3, 0.4) is 0 Å². The summed E-state index contributed by atoms with van der Waals surface area (Å²) in [4.78, 5) is 23.5. The van der Waals surface area contributed by atoms with Gasteiger partial charge < -0.3 is 4.74 Å². The number of carbonyl (C=O) groups is 2. The Hall–Kier alpha value is -0.190. The summed E-state index contributed by atoms with van der Waals surface area (Å²) in [6, 6.07) is -0.787. The summed E-state index contributed by atoms with van der Waals surface area (Å²) < 4.78 is 3.37. The minimum Gasteiger partial charge on any atom is -0.464 e. The third-order valence-electron chi connectivity index (χ3n) is 2.13. The van der Waals surface area contributed by atoms with E-state index in [4.69, 9.17) is 39.5 Å². The Morgan fingerprint density at radius 2 is 2.13 bits per heavy atom. The number of hydrogen-bond donors (Lipinski definition) is 0. The predicted molar refractivity (Wildman–Crippen MR) is 57.2 cm³/mol. The number of amides is 1. The molecule has 7 heteroatoms. The van der Waals surface area contributed by atoms with Gasteiger partial charge in [-0.1, -0.05) is 23.2 Å². The molecule has 1 amide bonds. The maximum Gasteiger partial charge on any atom is 0.329 e. The summed E-state index contributed by atoms with van der Waals surface area (Å²) in [7, 11) is 0. The smallest absolute Gasteiger partial charge is 0.329 e. The fourth-order valence-electron chi connectivity index (χ4n) is 1.50. The normalized spacial score (nSPS) is 24.0. The Morgan fingerprint density at radius 1 is 1.53 bits per heavy atom. The van der Waals surface area contributed by atoms with Gasteiger partial charge in [-0.15, -0.1) is 0 Å². The Bertz CT molecular complexity index is 282. The molecule has 1 aliphatic heterocycles. The van der Waals surface area contributed by atoms with Crippen LogP contribution in [-0.4, -0.2) is 33.3 Å². The van der Waals surface area contributed by atoms with Crippen LogP contribution in [0.2, 0.25) is 0 Å². The standard InChI is InChI=1S/C8H10Cl3NO3/c1-2-15-6(13)5-3-4-8(10,11)12(5)7(9)14/h5H,2-4H2,1H3/t5-/m0/s1. The van der Waals surface area contributed by atoms with Gasteiger partial charge in [0.2, 0.25) is 0 Å². The van der Waals surface area contributed by atoms with Crippen LogP contribution in [0.1, 0.15) is 19.8 Å². The highest BCUT2D eigenvalue weighted by atomic mass is 35.5. The van der Waals surface area contributed by atoms with E-state index in [1.165, 1.54) is 0 Å². The van der Waals surface area contributed by atoms with Crippen molar-refractivity contribution in [1.29, 1.82) is 0 Å². The third kappa shape index (κ3) is 2.68. The van der Waals surface area contributed by atoms with Crippen molar-refractivity contribution in [1.82, 2.24) is 4.90 Å². The maximum absolute atomic E-state index is 11.5. The average Bonchev–Trinajstić information content (AvgIpc) is 2.41. The number of halogens is 3. The van der Waals surface area contributed by atoms with Gasteiger partial charge in [-0.2, -0.15) is 0 Å². The molecule has 0 N–H and O–H groups in total. The first-order valence-corrected chi connectivity index (χ1v) is 5.56. The SMILES string of the molecule is CCOC(=O)[C@@H]1CCC(Cl)(Cl)N1C(=O)Cl. The molecule has 1 rings (SSSR count). The first kappa shape index (κ1) is 12.9. The molecule has 0 aliphatic carbocycles. The van der Waals surface area contributed by atoms with Gasteiger partial charge >= 0.3 is 11.3 Å². The molecule has 0 bridgehead atoms. The van der Waals surface area contributed by atoms with E-state index in [-0.39, 0.29) is 13.0 Å². The zero-order chi connectivity index (χ0) is 11.6. The van der Waals surface area contributed by atoms with Crippen molar-refractivity contribution in [3.8, 4) is 0 Å². The van der Waals surface area contributed by atoms with E-state index < -0.39 is 21.8 Å². The summed E-state index contributed by atoms with van der Waals surface area (Å²) in [6.45, 7) is 1.91. The second-order valence-corrected chi connectivity index (χ2v) is 4.86. The van der Waals surface area contributed by atoms with Gasteiger partial charge in [0.1, 0.15) is 6.04 Å². The lowest BCUT2D eigenvalue weighted by Crippen LogP contribution is -2.45. The Kier molecular flexibility index (Phi) is 4.09. The summed E-state index contributed by atoms with van der Waals surface area (Å²) in [6.07, 6.45) is 0.641. The van der Waals surface area contributed by atoms with E-state index in [0.717, 1.165) is 4.90 Å². The molecule has 1 fully saturated rings. The van der Waals surface area contributed by atoms with E-state index in [1.807, 2.05) is 0 Å². The third-order valence-corrected chi connectivity index (χ3v) is 3.06. The molecule has 1 aliphatic rings. The molecule has 1 atom stereocenters. The van der Waals surface area contributed by atoms with Crippen LogP contribution in [0.4, 0.5) is 4.79 Å². The van der Waals surface area contributed by atoms with Crippen molar-refractivity contribution in [3.05, 3.63) is 0 Å². The lowest BCUT2D eigenvalue weighted by atomic mass is 10.2. The number of rotatable bonds is 2. The number of nitrogens with zero attached hydrogens (tertiary/aromatic N) is 1. The molecule has 0 aromatic rings. The highest BCUT2D eigenvalue weighted by Crippen LogP contribution is 2.42. The fourth-order valence-corrected chi connectivity index (χ4v) is 2.46. The first-order chi connectivity index (χ1) is 6.90. The van der Waals surface area contributed by atoms with E-state index >= 15 is 0 Å². The fraction of sp³-hybridized carbons (Fsp3) is 0.750. The van der Waals surface area contributed by atoms with Crippen LogP contribution in [0.25, 0.3) is 0 Å². The quantitative estimate of drug-likeness (QED) is 0.336. The van der Waals surface area contributed by atoms with Gasteiger partial charge in [-0.3, -0.25) is 9.69 Å². The average molecular weight is 275 g/mol. The highest BCUT2D eigenvalue weighted by Gasteiger charge is 2.49. The molecule has 0 unspecified atom stereocenters. The van der Waals surface area contributed by atoms with Crippen LogP contribution in [-0.2, 0) is 9.53 Å². The molecule has 1 heterocycles. The topological polar surface area (TPSA) is 46.6 Å². The molecule has 0 spiro atoms. The van der Waals surface area contributed by atoms with Crippen LogP contribution in [0, 0.1) is 0 Å². The molecule has 0 aromatic heterocycles. The maximum atomic E-state index is 11.5. The van der Waals surface area contributed by atoms with E-state index in [2.05, 4.69) is 0 Å². The lowest BCUT2D eigenvalue weighted by molar-refractivity contribution is -0.147. The molecule has 86 valence electrons. The van der Waals surface area contributed by atoms with Gasteiger partial charge in [-0.25, -0.2) is 4.79 Å². The molecular formula is C8H10Cl3NO3. The number of alkyl halides is 2. The zero-order valence-corrected chi connectivity index (χ0v) is 10.3. The number of likely N-dealkylation sites (tertiary alicyclic amines) is 1. The van der Waals surface area contributed by atoms with E-state index in [1.54, 1.807) is 6.92 Å². The summed E-state index contributed by atoms with van der Waals surface area (Å²) in [5, 5.41) is -0.851. The molecule has 0 radical (unpaired) electrons. The molecule has 0 saturated carbocycles. The number of hydrogen-bond acceptors (Lipinski definition) is 3. The molecule has 4 nitrogen and oxygen atoms in total. The van der Waals surface area contributed by atoms with Gasteiger partial charge in [0.15, 0.2) is 4.46 Å². The van der Waals surface area contributed by atoms with Crippen molar-refractivity contribution >= 4 is 46.1 Å². The molecule has 1 saturated heterocycles. The minimum absolute atomic E-state index is 0.233. The van der Waals surface area contributed by atoms with Crippen molar-refractivity contribution < 1.29 is 14.3 Å². The number of carbonyl (C=O) groups excluding carboxylic acids is 2. The molecule has 15 heavy (non-hydrogen) atoms. The van der Waals surface area contributed by atoms with Crippen LogP contribution in [0.15, 0.2) is 0 Å². The second-order valence-electron chi connectivity index (χ2n) is 3.10. The first-order valence-electron chi connectivity index (χ1n) is 4.43. The Balaban J connectivity index is 2.83. The monoisotopic (exact) mass is 273 g/mol. The zero-order valence-electron chi connectivity index (χ0n) is 8.00. The van der Waals surface area contributed by atoms with Gasteiger partial charge in [-0.05, 0) is 24.9 Å². The van der Waals surface area contributed by atoms with Crippen molar-refractivity contribution in [2.45, 2.75) is 30.3 Å². The predicted octanol–water partition coefficient (Wildman–Crippen LogP) is 2.50. The Labute approximate surface area is 102 Å². The largest absolute Gasteiger partial charge is 0.464 e. The van der Waals surface area contributed by atoms with Crippen molar-refractivity contribution in [2.24, 2.45) is 0 Å². The lowest BCUT2D eigenvalue weighted by Gasteiger charge is -2.28. The van der Waals surface area contributed by atoms with E-state index in [9.17, 15) is 9.59 Å². The summed E-state index contributed by atoms with van der Waals surface area (Å²) in [5.74, 6) is -0.533. The van der Waals surface area contributed by atoms with Crippen molar-refractivity contribution in [3.63, 3.8) is 0 Å². The Morgan fingerprint density at radius 3 is 2.60 bits per heavy atom. The number of esters is 1. The van der Waals surface area contributed by atoms with Crippen molar-refractivity contribution in [2.75, 3.05) is 6.61 Å². The van der Waals surface area contributed by atoms with Gasteiger partial charge in [0, 0.05) is 6.42 Å². The van der Waals surface area contributed by atoms with Crippen LogP contribution < -0.4 is 0 Å². The summed E-state index contributed by atoms with van der Waals surface area (Å²) in [5.41, 5.74) is 0. The summed E-state index contributed by atoms with van der Waals surface area (Å²) >= 11 is 17.0. The van der Waals surface area contributed by atoms with Crippen LogP contribution >= 0.6 is 34.8 Å². The second kappa shape index (κ2) is 4.76. The van der Waals surface area contributed by atoms with Gasteiger partial charge in [0.25, 0.3) is 0 Å². The molecule has 0 aromatic carbocycles. The minimum atomic E-state index is -1.42.